The second-order valence-corrected chi connectivity index (χ2v) is 12.6. The van der Waals surface area contributed by atoms with Crippen molar-refractivity contribution < 1.29 is 14.4 Å². The summed E-state index contributed by atoms with van der Waals surface area (Å²) in [6.45, 7) is 3.89. The summed E-state index contributed by atoms with van der Waals surface area (Å²) in [4.78, 5) is 64.3. The Bertz CT molecular complexity index is 1970. The van der Waals surface area contributed by atoms with Gasteiger partial charge in [0.15, 0.2) is 0 Å². The predicted molar refractivity (Wildman–Crippen MR) is 191 cm³/mol. The number of nitrogens with zero attached hydrogens (tertiary/aromatic N) is 7. The first kappa shape index (κ1) is 32.8. The molecule has 2 aromatic heterocycles. The van der Waals surface area contributed by atoms with E-state index < -0.39 is 11.9 Å². The molecule has 0 bridgehead atoms. The molecule has 14 nitrogen and oxygen atoms in total. The number of nitrogens with two attached hydrogens (primary N) is 1. The summed E-state index contributed by atoms with van der Waals surface area (Å²) >= 11 is 0. The van der Waals surface area contributed by atoms with E-state index in [0.717, 1.165) is 73.3 Å². The summed E-state index contributed by atoms with van der Waals surface area (Å²) in [5.41, 5.74) is 11.1. The summed E-state index contributed by atoms with van der Waals surface area (Å²) < 4.78 is 0. The van der Waals surface area contributed by atoms with Crippen LogP contribution < -0.4 is 21.7 Å². The summed E-state index contributed by atoms with van der Waals surface area (Å²) in [6, 6.07) is 14.5. The van der Waals surface area contributed by atoms with Gasteiger partial charge in [0.25, 0.3) is 5.91 Å². The lowest BCUT2D eigenvalue weighted by Gasteiger charge is -2.30. The van der Waals surface area contributed by atoms with Crippen LogP contribution in [0.1, 0.15) is 53.7 Å². The van der Waals surface area contributed by atoms with Gasteiger partial charge < -0.3 is 26.2 Å². The lowest BCUT2D eigenvalue weighted by atomic mass is 10.0. The van der Waals surface area contributed by atoms with E-state index in [0.29, 0.717) is 29.4 Å². The molecule has 2 saturated heterocycles. The largest absolute Gasteiger partial charge is 0.404 e. The van der Waals surface area contributed by atoms with Crippen molar-refractivity contribution in [3.8, 4) is 0 Å². The zero-order valence-electron chi connectivity index (χ0n) is 27.6. The molecule has 1 unspecified atom stereocenters. The fourth-order valence-corrected chi connectivity index (χ4v) is 6.63. The minimum Gasteiger partial charge on any atom is -0.404 e. The van der Waals surface area contributed by atoms with Gasteiger partial charge in [-0.25, -0.2) is 9.97 Å². The van der Waals surface area contributed by atoms with Gasteiger partial charge in [-0.05, 0) is 62.6 Å². The van der Waals surface area contributed by atoms with Crippen LogP contribution in [0.4, 0.5) is 17.5 Å². The van der Waals surface area contributed by atoms with Crippen molar-refractivity contribution in [2.24, 2.45) is 10.7 Å². The number of hydrogen-bond donors (Lipinski definition) is 4. The summed E-state index contributed by atoms with van der Waals surface area (Å²) in [7, 11) is 0. The summed E-state index contributed by atoms with van der Waals surface area (Å²) in [6.07, 6.45) is 10.2. The fraction of sp³-hybridized carbons (Fsp3) is 0.333. The number of imide groups is 1. The second kappa shape index (κ2) is 14.8. The molecule has 2 aromatic carbocycles. The van der Waals surface area contributed by atoms with Crippen molar-refractivity contribution in [3.05, 3.63) is 83.9 Å². The fourth-order valence-electron chi connectivity index (χ4n) is 6.63. The Morgan fingerprint density at radius 2 is 1.84 bits per heavy atom. The van der Waals surface area contributed by atoms with E-state index in [1.165, 1.54) is 11.1 Å². The van der Waals surface area contributed by atoms with E-state index in [4.69, 9.17) is 10.7 Å². The van der Waals surface area contributed by atoms with E-state index in [2.05, 4.69) is 40.8 Å². The Labute approximate surface area is 289 Å². The summed E-state index contributed by atoms with van der Waals surface area (Å²) in [5.74, 6) is 0.144. The number of nitrogens with one attached hydrogen (secondary N) is 3. The Morgan fingerprint density at radius 1 is 1.00 bits per heavy atom. The number of hydrogen-bond acceptors (Lipinski definition) is 12. The number of rotatable bonds is 11. The number of carbonyl (C=O) groups is 3. The standard InChI is InChI=1S/C36H39N11O3/c37-19-23(30-21-41-28-6-1-2-7-29(28)42-30)20-40-24-12-17-46(18-13-24)16-4-14-38-36-39-15-11-32(44-36)43-27-8-3-5-25-26(27)22-47(35(25)50)31-9-10-33(48)45-34(31)49/h1-3,5-8,11,15,19-21,24,31H,4,9-10,12-14,16-18,22,37H2,(H,45,48,49)(H2,38,39,43,44). The average molecular weight is 674 g/mol. The quantitative estimate of drug-likeness (QED) is 0.104. The lowest BCUT2D eigenvalue weighted by molar-refractivity contribution is -0.136. The molecule has 2 fully saturated rings. The molecule has 14 heteroatoms. The molecule has 50 heavy (non-hydrogen) atoms. The second-order valence-electron chi connectivity index (χ2n) is 12.6. The van der Waals surface area contributed by atoms with Crippen LogP contribution in [0, 0.1) is 0 Å². The van der Waals surface area contributed by atoms with Crippen molar-refractivity contribution in [2.45, 2.75) is 50.7 Å². The topological polar surface area (TPSA) is 184 Å². The van der Waals surface area contributed by atoms with Gasteiger partial charge in [-0.3, -0.25) is 29.7 Å². The Morgan fingerprint density at radius 3 is 2.66 bits per heavy atom. The van der Waals surface area contributed by atoms with Gasteiger partial charge in [0.2, 0.25) is 17.8 Å². The van der Waals surface area contributed by atoms with Crippen molar-refractivity contribution in [3.63, 3.8) is 0 Å². The van der Waals surface area contributed by atoms with Gasteiger partial charge >= 0.3 is 0 Å². The van der Waals surface area contributed by atoms with Crippen LogP contribution in [0.15, 0.2) is 72.1 Å². The third kappa shape index (κ3) is 7.29. The normalized spacial score (nSPS) is 18.9. The highest BCUT2D eigenvalue weighted by molar-refractivity contribution is 6.09. The number of likely N-dealkylation sites (tertiary alicyclic amines) is 1. The van der Waals surface area contributed by atoms with E-state index in [1.807, 2.05) is 36.5 Å². The van der Waals surface area contributed by atoms with Crippen LogP contribution in [0.5, 0.6) is 0 Å². The molecule has 5 N–H and O–H groups in total. The van der Waals surface area contributed by atoms with E-state index in [1.54, 1.807) is 30.6 Å². The first-order valence-corrected chi connectivity index (χ1v) is 17.0. The number of fused-ring (bicyclic) bond motifs is 2. The number of anilines is 3. The van der Waals surface area contributed by atoms with Crippen LogP contribution in [0.2, 0.25) is 0 Å². The molecule has 0 spiro atoms. The number of aliphatic imine (C=N–C) groups is 1. The predicted octanol–water partition coefficient (Wildman–Crippen LogP) is 3.26. The zero-order valence-corrected chi connectivity index (χ0v) is 27.6. The van der Waals surface area contributed by atoms with E-state index in [-0.39, 0.29) is 30.8 Å². The third-order valence-electron chi connectivity index (χ3n) is 9.34. The zero-order chi connectivity index (χ0) is 34.5. The number of allylic oxidation sites excluding steroid dienone is 1. The van der Waals surface area contributed by atoms with E-state index >= 15 is 0 Å². The van der Waals surface area contributed by atoms with Crippen LogP contribution in [-0.4, -0.2) is 91.9 Å². The molecule has 5 heterocycles. The lowest BCUT2D eigenvalue weighted by Crippen LogP contribution is -2.52. The number of para-hydroxylation sites is 2. The highest BCUT2D eigenvalue weighted by Crippen LogP contribution is 2.33. The van der Waals surface area contributed by atoms with Crippen LogP contribution >= 0.6 is 0 Å². The Balaban J connectivity index is 0.864. The minimum absolute atomic E-state index is 0.213. The molecule has 1 atom stereocenters. The molecule has 0 radical (unpaired) electrons. The van der Waals surface area contributed by atoms with Gasteiger partial charge in [0.1, 0.15) is 11.9 Å². The molecular weight excluding hydrogens is 634 g/mol. The number of benzene rings is 2. The highest BCUT2D eigenvalue weighted by atomic mass is 16.2. The molecular formula is C36H39N11O3. The molecule has 4 aromatic rings. The van der Waals surface area contributed by atoms with Gasteiger partial charge in [0, 0.05) is 73.6 Å². The highest BCUT2D eigenvalue weighted by Gasteiger charge is 2.39. The first-order valence-electron chi connectivity index (χ1n) is 17.0. The average Bonchev–Trinajstić information content (AvgIpc) is 3.47. The maximum atomic E-state index is 13.2. The molecule has 256 valence electrons. The first-order chi connectivity index (χ1) is 24.4. The van der Waals surface area contributed by atoms with E-state index in [9.17, 15) is 14.4 Å². The smallest absolute Gasteiger partial charge is 0.255 e. The van der Waals surface area contributed by atoms with Crippen molar-refractivity contribution in [1.29, 1.82) is 0 Å². The monoisotopic (exact) mass is 673 g/mol. The van der Waals surface area contributed by atoms with Gasteiger partial charge in [0.05, 0.1) is 29.0 Å². The SMILES string of the molecule is NC=C(C=NC1CCN(CCCNc2nccc(Nc3cccc4c3CN(C3CCC(=O)NC3=O)C4=O)n2)CC1)c1cnc2ccccc2n1. The molecule has 3 aliphatic rings. The summed E-state index contributed by atoms with van der Waals surface area (Å²) in [5, 5.41) is 9.00. The van der Waals surface area contributed by atoms with Gasteiger partial charge in [-0.15, -0.1) is 0 Å². The van der Waals surface area contributed by atoms with Gasteiger partial charge in [-0.2, -0.15) is 4.98 Å². The molecule has 0 aliphatic carbocycles. The number of piperidine rings is 2. The molecule has 3 amide bonds. The number of aromatic nitrogens is 4. The number of carbonyl (C=O) groups excluding carboxylic acids is 3. The maximum Gasteiger partial charge on any atom is 0.255 e. The molecule has 7 rings (SSSR count). The van der Waals surface area contributed by atoms with Crippen molar-refractivity contribution in [1.82, 2.24) is 35.1 Å². The van der Waals surface area contributed by atoms with Crippen LogP contribution in [0.25, 0.3) is 16.6 Å². The Hall–Kier alpha value is -5.76. The minimum atomic E-state index is -0.667. The number of amides is 3. The van der Waals surface area contributed by atoms with Crippen LogP contribution in [-0.2, 0) is 16.1 Å². The van der Waals surface area contributed by atoms with Gasteiger partial charge in [-0.1, -0.05) is 18.2 Å². The van der Waals surface area contributed by atoms with Crippen molar-refractivity contribution in [2.75, 3.05) is 36.8 Å². The van der Waals surface area contributed by atoms with Crippen molar-refractivity contribution >= 4 is 58.0 Å². The molecule has 3 aliphatic heterocycles. The van der Waals surface area contributed by atoms with Crippen LogP contribution in [0.3, 0.4) is 0 Å². The third-order valence-corrected chi connectivity index (χ3v) is 9.34. The Kier molecular flexibility index (Phi) is 9.69. The molecule has 0 saturated carbocycles. The maximum absolute atomic E-state index is 13.2.